The monoisotopic (exact) mass is 191 g/mol. The van der Waals surface area contributed by atoms with E-state index in [0.29, 0.717) is 16.9 Å². The van der Waals surface area contributed by atoms with E-state index in [4.69, 9.17) is 15.1 Å². The van der Waals surface area contributed by atoms with Crippen LogP contribution in [0.4, 0.5) is 0 Å². The van der Waals surface area contributed by atoms with Crippen molar-refractivity contribution >= 4 is 5.97 Å². The maximum atomic E-state index is 10.5. The van der Waals surface area contributed by atoms with Gasteiger partial charge in [-0.15, -0.1) is 0 Å². The van der Waals surface area contributed by atoms with Crippen LogP contribution in [0.3, 0.4) is 0 Å². The summed E-state index contributed by atoms with van der Waals surface area (Å²) in [5.41, 5.74) is 0.866. The Balaban J connectivity index is 3.16. The minimum atomic E-state index is -0.946. The lowest BCUT2D eigenvalue weighted by Gasteiger charge is -2.07. The SMILES string of the molecule is COc1c(C#N)cccc1CC(=O)O. The molecule has 0 heterocycles. The van der Waals surface area contributed by atoms with Gasteiger partial charge in [-0.05, 0) is 6.07 Å². The highest BCUT2D eigenvalue weighted by Gasteiger charge is 2.10. The Hall–Kier alpha value is -2.02. The van der Waals surface area contributed by atoms with Crippen molar-refractivity contribution in [2.45, 2.75) is 6.42 Å². The second-order valence-corrected chi connectivity index (χ2v) is 2.68. The van der Waals surface area contributed by atoms with Crippen molar-refractivity contribution in [1.29, 1.82) is 5.26 Å². The molecule has 0 unspecified atom stereocenters. The van der Waals surface area contributed by atoms with E-state index in [2.05, 4.69) is 0 Å². The minimum Gasteiger partial charge on any atom is -0.495 e. The molecule has 0 aromatic heterocycles. The van der Waals surface area contributed by atoms with Gasteiger partial charge in [-0.1, -0.05) is 12.1 Å². The van der Waals surface area contributed by atoms with Gasteiger partial charge in [0.1, 0.15) is 11.8 Å². The molecule has 0 atom stereocenters. The molecule has 0 fully saturated rings. The Labute approximate surface area is 81.4 Å². The average Bonchev–Trinajstić information content (AvgIpc) is 2.16. The lowest BCUT2D eigenvalue weighted by molar-refractivity contribution is -0.136. The number of para-hydroxylation sites is 1. The van der Waals surface area contributed by atoms with Gasteiger partial charge in [0.05, 0.1) is 19.1 Å². The predicted molar refractivity (Wildman–Crippen MR) is 49.0 cm³/mol. The molecule has 1 aromatic carbocycles. The molecular weight excluding hydrogens is 182 g/mol. The van der Waals surface area contributed by atoms with Crippen molar-refractivity contribution in [3.05, 3.63) is 29.3 Å². The molecule has 0 spiro atoms. The smallest absolute Gasteiger partial charge is 0.307 e. The maximum Gasteiger partial charge on any atom is 0.307 e. The van der Waals surface area contributed by atoms with E-state index in [1.54, 1.807) is 18.2 Å². The Morgan fingerprint density at radius 1 is 1.64 bits per heavy atom. The van der Waals surface area contributed by atoms with Crippen LogP contribution in [0, 0.1) is 11.3 Å². The first kappa shape index (κ1) is 10.1. The van der Waals surface area contributed by atoms with Gasteiger partial charge in [-0.3, -0.25) is 4.79 Å². The molecule has 14 heavy (non-hydrogen) atoms. The number of carboxylic acids is 1. The maximum absolute atomic E-state index is 10.5. The van der Waals surface area contributed by atoms with Gasteiger partial charge in [0.2, 0.25) is 0 Å². The quantitative estimate of drug-likeness (QED) is 0.779. The Bertz CT molecular complexity index is 393. The van der Waals surface area contributed by atoms with Crippen molar-refractivity contribution in [3.63, 3.8) is 0 Å². The number of hydrogen-bond donors (Lipinski definition) is 1. The summed E-state index contributed by atoms with van der Waals surface area (Å²) in [4.78, 5) is 10.5. The highest BCUT2D eigenvalue weighted by molar-refractivity contribution is 5.72. The number of nitrogens with zero attached hydrogens (tertiary/aromatic N) is 1. The zero-order valence-corrected chi connectivity index (χ0v) is 7.65. The van der Waals surface area contributed by atoms with Gasteiger partial charge in [0.25, 0.3) is 0 Å². The van der Waals surface area contributed by atoms with E-state index >= 15 is 0 Å². The van der Waals surface area contributed by atoms with Crippen LogP contribution in [0.2, 0.25) is 0 Å². The van der Waals surface area contributed by atoms with Gasteiger partial charge >= 0.3 is 5.97 Å². The molecule has 0 bridgehead atoms. The van der Waals surface area contributed by atoms with Crippen molar-refractivity contribution in [2.24, 2.45) is 0 Å². The summed E-state index contributed by atoms with van der Waals surface area (Å²) < 4.78 is 4.98. The molecule has 1 N–H and O–H groups in total. The molecule has 1 aromatic rings. The molecule has 72 valence electrons. The number of benzene rings is 1. The fraction of sp³-hybridized carbons (Fsp3) is 0.200. The van der Waals surface area contributed by atoms with Gasteiger partial charge in [-0.2, -0.15) is 5.26 Å². The Kier molecular flexibility index (Phi) is 3.08. The molecule has 0 saturated heterocycles. The Morgan fingerprint density at radius 3 is 2.86 bits per heavy atom. The van der Waals surface area contributed by atoms with Crippen molar-refractivity contribution in [3.8, 4) is 11.8 Å². The van der Waals surface area contributed by atoms with Gasteiger partial charge in [0, 0.05) is 5.56 Å². The number of carbonyl (C=O) groups is 1. The van der Waals surface area contributed by atoms with Crippen LogP contribution in [0.15, 0.2) is 18.2 Å². The van der Waals surface area contributed by atoms with Crippen LogP contribution in [-0.4, -0.2) is 18.2 Å². The molecular formula is C10H9NO3. The molecule has 4 nitrogen and oxygen atoms in total. The number of methoxy groups -OCH3 is 1. The van der Waals surface area contributed by atoms with Crippen LogP contribution >= 0.6 is 0 Å². The van der Waals surface area contributed by atoms with E-state index in [-0.39, 0.29) is 6.42 Å². The summed E-state index contributed by atoms with van der Waals surface area (Å²) in [7, 11) is 1.42. The van der Waals surface area contributed by atoms with E-state index < -0.39 is 5.97 Å². The van der Waals surface area contributed by atoms with E-state index in [1.165, 1.54) is 7.11 Å². The van der Waals surface area contributed by atoms with Crippen LogP contribution < -0.4 is 4.74 Å². The highest BCUT2D eigenvalue weighted by Crippen LogP contribution is 2.23. The summed E-state index contributed by atoms with van der Waals surface area (Å²) in [6.45, 7) is 0. The van der Waals surface area contributed by atoms with E-state index in [1.807, 2.05) is 6.07 Å². The number of hydrogen-bond acceptors (Lipinski definition) is 3. The largest absolute Gasteiger partial charge is 0.495 e. The molecule has 1 rings (SSSR count). The zero-order valence-electron chi connectivity index (χ0n) is 7.65. The van der Waals surface area contributed by atoms with Crippen LogP contribution in [0.1, 0.15) is 11.1 Å². The first-order valence-corrected chi connectivity index (χ1v) is 3.96. The summed E-state index contributed by atoms with van der Waals surface area (Å²) in [5.74, 6) is -0.601. The fourth-order valence-corrected chi connectivity index (χ4v) is 1.22. The van der Waals surface area contributed by atoms with E-state index in [9.17, 15) is 4.79 Å². The second kappa shape index (κ2) is 4.28. The van der Waals surface area contributed by atoms with Gasteiger partial charge in [-0.25, -0.2) is 0 Å². The van der Waals surface area contributed by atoms with Crippen molar-refractivity contribution in [2.75, 3.05) is 7.11 Å². The molecule has 0 radical (unpaired) electrons. The molecule has 0 aliphatic carbocycles. The topological polar surface area (TPSA) is 70.3 Å². The van der Waals surface area contributed by atoms with Gasteiger partial charge < -0.3 is 9.84 Å². The highest BCUT2D eigenvalue weighted by atomic mass is 16.5. The van der Waals surface area contributed by atoms with Crippen LogP contribution in [0.5, 0.6) is 5.75 Å². The zero-order chi connectivity index (χ0) is 10.6. The lowest BCUT2D eigenvalue weighted by atomic mass is 10.1. The second-order valence-electron chi connectivity index (χ2n) is 2.68. The summed E-state index contributed by atoms with van der Waals surface area (Å²) in [6.07, 6.45) is -0.140. The first-order valence-electron chi connectivity index (χ1n) is 3.96. The lowest BCUT2D eigenvalue weighted by Crippen LogP contribution is -2.03. The average molecular weight is 191 g/mol. The Morgan fingerprint density at radius 2 is 2.36 bits per heavy atom. The fourth-order valence-electron chi connectivity index (χ4n) is 1.22. The summed E-state index contributed by atoms with van der Waals surface area (Å²) in [5, 5.41) is 17.3. The van der Waals surface area contributed by atoms with Gasteiger partial charge in [0.15, 0.2) is 0 Å². The number of carboxylic acid groups (broad SMARTS) is 1. The summed E-state index contributed by atoms with van der Waals surface area (Å²) >= 11 is 0. The van der Waals surface area contributed by atoms with E-state index in [0.717, 1.165) is 0 Å². The predicted octanol–water partition coefficient (Wildman–Crippen LogP) is 1.19. The van der Waals surface area contributed by atoms with Crippen LogP contribution in [0.25, 0.3) is 0 Å². The molecule has 0 aliphatic heterocycles. The minimum absolute atomic E-state index is 0.140. The number of rotatable bonds is 3. The third-order valence-corrected chi connectivity index (χ3v) is 1.76. The first-order chi connectivity index (χ1) is 6.69. The molecule has 0 amide bonds. The third-order valence-electron chi connectivity index (χ3n) is 1.76. The third kappa shape index (κ3) is 2.02. The molecule has 0 saturated carbocycles. The van der Waals surface area contributed by atoms with Crippen molar-refractivity contribution in [1.82, 2.24) is 0 Å². The van der Waals surface area contributed by atoms with Crippen molar-refractivity contribution < 1.29 is 14.6 Å². The van der Waals surface area contributed by atoms with Crippen LogP contribution in [-0.2, 0) is 11.2 Å². The number of aliphatic carboxylic acids is 1. The number of nitriles is 1. The summed E-state index contributed by atoms with van der Waals surface area (Å²) in [6, 6.07) is 6.80. The molecule has 4 heteroatoms. The molecule has 0 aliphatic rings. The normalized spacial score (nSPS) is 9.14. The number of ether oxygens (including phenoxy) is 1. The standard InChI is InChI=1S/C10H9NO3/c1-14-10-7(5-9(12)13)3-2-4-8(10)6-11/h2-4H,5H2,1H3,(H,12,13).